The van der Waals surface area contributed by atoms with Gasteiger partial charge >= 0.3 is 0 Å². The summed E-state index contributed by atoms with van der Waals surface area (Å²) >= 11 is 0. The van der Waals surface area contributed by atoms with Crippen LogP contribution in [0.5, 0.6) is 0 Å². The van der Waals surface area contributed by atoms with Crippen molar-refractivity contribution in [2.45, 2.75) is 26.7 Å². The minimum atomic E-state index is 0.472. The molecule has 0 saturated heterocycles. The molecule has 0 saturated carbocycles. The Balaban J connectivity index is 1.90. The Bertz CT molecular complexity index is 1070. The third-order valence-electron chi connectivity index (χ3n) is 5.42. The lowest BCUT2D eigenvalue weighted by Crippen LogP contribution is -1.95. The van der Waals surface area contributed by atoms with Crippen LogP contribution in [0.2, 0.25) is 0 Å². The highest BCUT2D eigenvalue weighted by atomic mass is 14.2. The zero-order chi connectivity index (χ0) is 19.5. The second kappa shape index (κ2) is 7.86. The molecule has 0 aliphatic carbocycles. The molecular formula is C28H26. The second-order valence-corrected chi connectivity index (χ2v) is 7.72. The van der Waals surface area contributed by atoms with Crippen LogP contribution in [0.3, 0.4) is 0 Å². The summed E-state index contributed by atoms with van der Waals surface area (Å²) in [5.74, 6) is 0.472. The molecule has 4 aromatic rings. The van der Waals surface area contributed by atoms with Gasteiger partial charge < -0.3 is 0 Å². The number of aryl methyl sites for hydroxylation is 1. The lowest BCUT2D eigenvalue weighted by Gasteiger charge is -2.18. The Labute approximate surface area is 168 Å². The molecule has 0 aromatic heterocycles. The molecule has 0 fully saturated rings. The molecule has 4 aromatic carbocycles. The van der Waals surface area contributed by atoms with E-state index in [0.29, 0.717) is 5.92 Å². The minimum Gasteiger partial charge on any atom is -0.0622 e. The van der Waals surface area contributed by atoms with Crippen LogP contribution in [0.25, 0.3) is 33.4 Å². The van der Waals surface area contributed by atoms with Crippen molar-refractivity contribution >= 4 is 0 Å². The highest BCUT2D eigenvalue weighted by Crippen LogP contribution is 2.37. The van der Waals surface area contributed by atoms with Crippen LogP contribution in [0, 0.1) is 6.92 Å². The molecule has 0 heteroatoms. The molecule has 0 atom stereocenters. The largest absolute Gasteiger partial charge is 0.0622 e. The molecule has 0 heterocycles. The summed E-state index contributed by atoms with van der Waals surface area (Å²) in [6.45, 7) is 6.76. The second-order valence-electron chi connectivity index (χ2n) is 7.72. The quantitative estimate of drug-likeness (QED) is 0.344. The molecule has 0 bridgehead atoms. The maximum Gasteiger partial charge on any atom is -0.0140 e. The monoisotopic (exact) mass is 362 g/mol. The molecular weight excluding hydrogens is 336 g/mol. The summed E-state index contributed by atoms with van der Waals surface area (Å²) in [5.41, 5.74) is 10.4. The smallest absolute Gasteiger partial charge is 0.0140 e. The highest BCUT2D eigenvalue weighted by molar-refractivity contribution is 5.81. The van der Waals surface area contributed by atoms with E-state index < -0.39 is 0 Å². The van der Waals surface area contributed by atoms with E-state index in [0.717, 1.165) is 0 Å². The predicted octanol–water partition coefficient (Wildman–Crippen LogP) is 8.12. The SMILES string of the molecule is Cc1ccc(-c2ccccc2)cc1-c1cc(-c2ccccc2)ccc1C(C)C. The fraction of sp³-hybridized carbons (Fsp3) is 0.143. The summed E-state index contributed by atoms with van der Waals surface area (Å²) in [6, 6.07) is 35.0. The Morgan fingerprint density at radius 2 is 1.00 bits per heavy atom. The topological polar surface area (TPSA) is 0 Å². The van der Waals surface area contributed by atoms with Gasteiger partial charge in [0.2, 0.25) is 0 Å². The van der Waals surface area contributed by atoms with Gasteiger partial charge in [0, 0.05) is 0 Å². The van der Waals surface area contributed by atoms with Crippen LogP contribution >= 0.6 is 0 Å². The lowest BCUT2D eigenvalue weighted by atomic mass is 9.86. The molecule has 4 rings (SSSR count). The van der Waals surface area contributed by atoms with Gasteiger partial charge in [-0.3, -0.25) is 0 Å². The molecule has 0 N–H and O–H groups in total. The first-order valence-corrected chi connectivity index (χ1v) is 9.99. The van der Waals surface area contributed by atoms with Crippen LogP contribution in [0.1, 0.15) is 30.9 Å². The predicted molar refractivity (Wildman–Crippen MR) is 122 cm³/mol. The van der Waals surface area contributed by atoms with Crippen molar-refractivity contribution in [1.29, 1.82) is 0 Å². The van der Waals surface area contributed by atoms with Crippen molar-refractivity contribution < 1.29 is 0 Å². The van der Waals surface area contributed by atoms with E-state index >= 15 is 0 Å². The minimum absolute atomic E-state index is 0.472. The van der Waals surface area contributed by atoms with Crippen molar-refractivity contribution in [1.82, 2.24) is 0 Å². The van der Waals surface area contributed by atoms with E-state index in [-0.39, 0.29) is 0 Å². The fourth-order valence-electron chi connectivity index (χ4n) is 3.83. The van der Waals surface area contributed by atoms with Crippen molar-refractivity contribution in [3.8, 4) is 33.4 Å². The van der Waals surface area contributed by atoms with Gasteiger partial charge in [-0.15, -0.1) is 0 Å². The van der Waals surface area contributed by atoms with Crippen LogP contribution in [0.15, 0.2) is 97.1 Å². The van der Waals surface area contributed by atoms with Crippen LogP contribution < -0.4 is 0 Å². The van der Waals surface area contributed by atoms with Crippen molar-refractivity contribution in [3.63, 3.8) is 0 Å². The lowest BCUT2D eigenvalue weighted by molar-refractivity contribution is 0.869. The van der Waals surface area contributed by atoms with Gasteiger partial charge in [0.05, 0.1) is 0 Å². The van der Waals surface area contributed by atoms with Gasteiger partial charge in [-0.05, 0) is 69.5 Å². The molecule has 138 valence electrons. The molecule has 0 aliphatic heterocycles. The number of hydrogen-bond donors (Lipinski definition) is 0. The molecule has 0 amide bonds. The van der Waals surface area contributed by atoms with E-state index in [4.69, 9.17) is 0 Å². The molecule has 0 aliphatic rings. The van der Waals surface area contributed by atoms with E-state index in [2.05, 4.69) is 118 Å². The van der Waals surface area contributed by atoms with Crippen LogP contribution in [0.4, 0.5) is 0 Å². The Morgan fingerprint density at radius 1 is 0.500 bits per heavy atom. The number of benzene rings is 4. The third kappa shape index (κ3) is 3.64. The maximum atomic E-state index is 2.36. The molecule has 0 spiro atoms. The standard InChI is InChI=1S/C28H26/c1-20(2)26-17-16-25(23-12-8-5-9-13-23)19-28(26)27-18-24(15-14-21(27)3)22-10-6-4-7-11-22/h4-20H,1-3H3. The first kappa shape index (κ1) is 18.3. The average Bonchev–Trinajstić information content (AvgIpc) is 2.75. The fourth-order valence-corrected chi connectivity index (χ4v) is 3.83. The van der Waals surface area contributed by atoms with E-state index in [1.165, 1.54) is 44.5 Å². The summed E-state index contributed by atoms with van der Waals surface area (Å²) in [7, 11) is 0. The van der Waals surface area contributed by atoms with Gasteiger partial charge in [-0.25, -0.2) is 0 Å². The molecule has 0 unspecified atom stereocenters. The normalized spacial score (nSPS) is 11.0. The van der Waals surface area contributed by atoms with Crippen molar-refractivity contribution in [2.75, 3.05) is 0 Å². The van der Waals surface area contributed by atoms with Crippen LogP contribution in [-0.4, -0.2) is 0 Å². The number of rotatable bonds is 4. The van der Waals surface area contributed by atoms with Gasteiger partial charge in [0.25, 0.3) is 0 Å². The molecule has 0 nitrogen and oxygen atoms in total. The summed E-state index contributed by atoms with van der Waals surface area (Å²) in [5, 5.41) is 0. The summed E-state index contributed by atoms with van der Waals surface area (Å²) in [4.78, 5) is 0. The van der Waals surface area contributed by atoms with E-state index in [9.17, 15) is 0 Å². The Morgan fingerprint density at radius 3 is 1.54 bits per heavy atom. The zero-order valence-corrected chi connectivity index (χ0v) is 16.8. The molecule has 0 radical (unpaired) electrons. The zero-order valence-electron chi connectivity index (χ0n) is 16.8. The van der Waals surface area contributed by atoms with Crippen LogP contribution in [-0.2, 0) is 0 Å². The van der Waals surface area contributed by atoms with Gasteiger partial charge in [-0.2, -0.15) is 0 Å². The van der Waals surface area contributed by atoms with Gasteiger partial charge in [-0.1, -0.05) is 98.8 Å². The van der Waals surface area contributed by atoms with E-state index in [1.54, 1.807) is 0 Å². The first-order chi connectivity index (χ1) is 13.6. The Kier molecular flexibility index (Phi) is 5.12. The summed E-state index contributed by atoms with van der Waals surface area (Å²) in [6.07, 6.45) is 0. The van der Waals surface area contributed by atoms with Crippen molar-refractivity contribution in [3.05, 3.63) is 108 Å². The first-order valence-electron chi connectivity index (χ1n) is 9.99. The maximum absolute atomic E-state index is 2.36. The van der Waals surface area contributed by atoms with Crippen molar-refractivity contribution in [2.24, 2.45) is 0 Å². The van der Waals surface area contributed by atoms with E-state index in [1.807, 2.05) is 0 Å². The molecule has 28 heavy (non-hydrogen) atoms. The van der Waals surface area contributed by atoms with Gasteiger partial charge in [0.1, 0.15) is 0 Å². The summed E-state index contributed by atoms with van der Waals surface area (Å²) < 4.78 is 0. The third-order valence-corrected chi connectivity index (χ3v) is 5.42. The number of hydrogen-bond acceptors (Lipinski definition) is 0. The highest BCUT2D eigenvalue weighted by Gasteiger charge is 2.13. The van der Waals surface area contributed by atoms with Gasteiger partial charge in [0.15, 0.2) is 0 Å². The average molecular weight is 363 g/mol. The Hall–Kier alpha value is -3.12.